The fourth-order valence-electron chi connectivity index (χ4n) is 2.22. The lowest BCUT2D eigenvalue weighted by Crippen LogP contribution is -2.33. The number of H-pyrrole nitrogens is 1. The summed E-state index contributed by atoms with van der Waals surface area (Å²) in [6, 6.07) is -0.244. The molecule has 7 heteroatoms. The van der Waals surface area contributed by atoms with Gasteiger partial charge in [-0.15, -0.1) is 0 Å². The number of hydrogen-bond acceptors (Lipinski definition) is 4. The molecule has 2 atom stereocenters. The fraction of sp³-hybridized carbons (Fsp3) is 0.600. The lowest BCUT2D eigenvalue weighted by atomic mass is 10.2. The van der Waals surface area contributed by atoms with Gasteiger partial charge in [0, 0.05) is 11.3 Å². The molecule has 1 fully saturated rings. The second-order valence-electron chi connectivity index (χ2n) is 4.09. The Bertz CT molecular complexity index is 539. The van der Waals surface area contributed by atoms with E-state index in [1.807, 2.05) is 11.2 Å². The van der Waals surface area contributed by atoms with Crippen molar-refractivity contribution in [3.63, 3.8) is 0 Å². The smallest absolute Gasteiger partial charge is 0.331 e. The summed E-state index contributed by atoms with van der Waals surface area (Å²) in [5.74, 6) is -2.15. The van der Waals surface area contributed by atoms with Crippen LogP contribution in [0.2, 0.25) is 0 Å². The van der Waals surface area contributed by atoms with Gasteiger partial charge in [-0.25, -0.2) is 4.79 Å². The zero-order valence-electron chi connectivity index (χ0n) is 9.27. The van der Waals surface area contributed by atoms with Crippen molar-refractivity contribution in [2.24, 2.45) is 0 Å². The third-order valence-corrected chi connectivity index (χ3v) is 4.21. The van der Waals surface area contributed by atoms with E-state index in [9.17, 15) is 19.1 Å². The zero-order chi connectivity index (χ0) is 12.6. The number of aromatic hydroxyl groups is 1. The van der Waals surface area contributed by atoms with E-state index in [2.05, 4.69) is 0 Å². The van der Waals surface area contributed by atoms with E-state index >= 15 is 0 Å². The molecule has 1 aromatic heterocycles. The molecule has 94 valence electrons. The molecular weight excluding hydrogens is 247 g/mol. The summed E-state index contributed by atoms with van der Waals surface area (Å²) in [5, 5.41) is 9.94. The van der Waals surface area contributed by atoms with Crippen molar-refractivity contribution in [3.8, 4) is 5.88 Å². The first-order valence-corrected chi connectivity index (χ1v) is 6.59. The lowest BCUT2D eigenvalue weighted by Gasteiger charge is -2.15. The van der Waals surface area contributed by atoms with Crippen molar-refractivity contribution in [3.05, 3.63) is 26.7 Å². The fourth-order valence-corrected chi connectivity index (χ4v) is 3.01. The molecule has 17 heavy (non-hydrogen) atoms. The van der Waals surface area contributed by atoms with E-state index < -0.39 is 22.9 Å². The Labute approximate surface area is 101 Å². The minimum Gasteiger partial charge on any atom is -0.492 e. The molecule has 5 nitrogen and oxygen atoms in total. The molecule has 0 bridgehead atoms. The van der Waals surface area contributed by atoms with Crippen LogP contribution in [0.15, 0.2) is 9.59 Å². The van der Waals surface area contributed by atoms with Gasteiger partial charge in [-0.1, -0.05) is 0 Å². The maximum atomic E-state index is 13.2. The largest absolute Gasteiger partial charge is 0.492 e. The van der Waals surface area contributed by atoms with Gasteiger partial charge >= 0.3 is 5.69 Å². The number of thioether (sulfide) groups is 1. The molecule has 1 heterocycles. The van der Waals surface area contributed by atoms with Crippen LogP contribution in [-0.4, -0.2) is 26.2 Å². The van der Waals surface area contributed by atoms with Gasteiger partial charge in [-0.2, -0.15) is 16.2 Å². The summed E-state index contributed by atoms with van der Waals surface area (Å²) in [7, 11) is 0. The normalized spacial score (nSPS) is 24.1. The molecule has 0 saturated heterocycles. The molecule has 0 aliphatic heterocycles. The van der Waals surface area contributed by atoms with Crippen molar-refractivity contribution >= 4 is 11.8 Å². The molecule has 1 aromatic rings. The van der Waals surface area contributed by atoms with Gasteiger partial charge in [0.15, 0.2) is 0 Å². The van der Waals surface area contributed by atoms with Gasteiger partial charge in [0.05, 0.1) is 0 Å². The second-order valence-corrected chi connectivity index (χ2v) is 5.23. The number of aromatic amines is 1. The Kier molecular flexibility index (Phi) is 3.28. The lowest BCUT2D eigenvalue weighted by molar-refractivity contribution is 0.332. The number of hydrogen-bond donors (Lipinski definition) is 2. The van der Waals surface area contributed by atoms with Gasteiger partial charge in [-0.05, 0) is 25.5 Å². The van der Waals surface area contributed by atoms with Crippen LogP contribution in [0.5, 0.6) is 5.88 Å². The van der Waals surface area contributed by atoms with Gasteiger partial charge in [0.1, 0.15) is 0 Å². The van der Waals surface area contributed by atoms with E-state index in [1.54, 1.807) is 11.8 Å². The van der Waals surface area contributed by atoms with Crippen molar-refractivity contribution in [2.75, 3.05) is 6.26 Å². The third-order valence-electron chi connectivity index (χ3n) is 3.12. The zero-order valence-corrected chi connectivity index (χ0v) is 10.1. The average Bonchev–Trinajstić information content (AvgIpc) is 2.74. The molecule has 1 aliphatic carbocycles. The van der Waals surface area contributed by atoms with E-state index in [0.29, 0.717) is 18.1 Å². The molecule has 2 rings (SSSR count). The van der Waals surface area contributed by atoms with Crippen LogP contribution in [0, 0.1) is 5.82 Å². The molecule has 1 aliphatic rings. The highest BCUT2D eigenvalue weighted by atomic mass is 32.2. The Hall–Kier alpha value is -1.24. The number of rotatable bonds is 2. The predicted octanol–water partition coefficient (Wildman–Crippen LogP) is 0.838. The van der Waals surface area contributed by atoms with E-state index in [-0.39, 0.29) is 6.04 Å². The first-order chi connectivity index (χ1) is 8.04. The Morgan fingerprint density at radius 2 is 2.18 bits per heavy atom. The second kappa shape index (κ2) is 4.56. The summed E-state index contributed by atoms with van der Waals surface area (Å²) in [6.45, 7) is 0. The summed E-state index contributed by atoms with van der Waals surface area (Å²) in [4.78, 5) is 24.4. The van der Waals surface area contributed by atoms with Gasteiger partial charge in [-0.3, -0.25) is 14.3 Å². The number of halogens is 1. The maximum Gasteiger partial charge on any atom is 0.331 e. The number of aromatic nitrogens is 2. The van der Waals surface area contributed by atoms with Crippen LogP contribution in [0.25, 0.3) is 0 Å². The Balaban J connectivity index is 2.44. The van der Waals surface area contributed by atoms with Gasteiger partial charge in [0.25, 0.3) is 5.56 Å². The third kappa shape index (κ3) is 2.11. The van der Waals surface area contributed by atoms with Crippen LogP contribution in [-0.2, 0) is 0 Å². The SMILES string of the molecule is CSC1CCC(n2c(O)c(F)c(=O)[nH]c2=O)C1. The Morgan fingerprint density at radius 3 is 2.76 bits per heavy atom. The number of nitrogens with zero attached hydrogens (tertiary/aromatic N) is 1. The monoisotopic (exact) mass is 260 g/mol. The maximum absolute atomic E-state index is 13.2. The van der Waals surface area contributed by atoms with Crippen molar-refractivity contribution in [1.29, 1.82) is 0 Å². The molecule has 2 N–H and O–H groups in total. The van der Waals surface area contributed by atoms with Crippen molar-refractivity contribution in [2.45, 2.75) is 30.6 Å². The van der Waals surface area contributed by atoms with Crippen molar-refractivity contribution in [1.82, 2.24) is 9.55 Å². The minimum atomic E-state index is -1.29. The quantitative estimate of drug-likeness (QED) is 0.826. The van der Waals surface area contributed by atoms with E-state index in [4.69, 9.17) is 0 Å². The Morgan fingerprint density at radius 1 is 1.47 bits per heavy atom. The summed E-state index contributed by atoms with van der Waals surface area (Å²) in [6.07, 6.45) is 4.28. The first kappa shape index (κ1) is 12.2. The van der Waals surface area contributed by atoms with Crippen LogP contribution in [0.1, 0.15) is 25.3 Å². The molecule has 0 spiro atoms. The first-order valence-electron chi connectivity index (χ1n) is 5.30. The minimum absolute atomic E-state index is 0.244. The van der Waals surface area contributed by atoms with Crippen molar-refractivity contribution < 1.29 is 9.50 Å². The molecular formula is C10H13FN2O3S. The molecule has 0 aromatic carbocycles. The molecule has 1 saturated carbocycles. The molecule has 2 unspecified atom stereocenters. The standard InChI is InChI=1S/C10H13FN2O3S/c1-17-6-3-2-5(4-6)13-9(15)7(11)8(14)12-10(13)16/h5-6,15H,2-4H2,1H3,(H,12,14,16). The highest BCUT2D eigenvalue weighted by Gasteiger charge is 2.29. The van der Waals surface area contributed by atoms with Gasteiger partial charge < -0.3 is 5.11 Å². The van der Waals surface area contributed by atoms with E-state index in [1.165, 1.54) is 0 Å². The topological polar surface area (TPSA) is 75.1 Å². The van der Waals surface area contributed by atoms with E-state index in [0.717, 1.165) is 11.0 Å². The van der Waals surface area contributed by atoms with Crippen LogP contribution < -0.4 is 11.2 Å². The van der Waals surface area contributed by atoms with Crippen LogP contribution in [0.4, 0.5) is 4.39 Å². The highest BCUT2D eigenvalue weighted by Crippen LogP contribution is 2.36. The van der Waals surface area contributed by atoms with Crippen LogP contribution in [0.3, 0.4) is 0 Å². The summed E-state index contributed by atoms with van der Waals surface area (Å²) < 4.78 is 14.2. The predicted molar refractivity (Wildman–Crippen MR) is 63.1 cm³/mol. The van der Waals surface area contributed by atoms with Crippen LogP contribution >= 0.6 is 11.8 Å². The summed E-state index contributed by atoms with van der Waals surface area (Å²) >= 11 is 1.69. The molecule has 0 amide bonds. The van der Waals surface area contributed by atoms with Gasteiger partial charge in [0.2, 0.25) is 11.7 Å². The average molecular weight is 260 g/mol. The number of nitrogens with one attached hydrogen (secondary N) is 1. The highest BCUT2D eigenvalue weighted by molar-refractivity contribution is 7.99. The summed E-state index contributed by atoms with van der Waals surface area (Å²) in [5.41, 5.74) is -1.93. The molecule has 0 radical (unpaired) electrons.